The number of hydrogen-bond donors (Lipinski definition) is 1. The van der Waals surface area contributed by atoms with Crippen molar-refractivity contribution in [3.63, 3.8) is 0 Å². The van der Waals surface area contributed by atoms with Crippen molar-refractivity contribution in [2.75, 3.05) is 18.0 Å². The van der Waals surface area contributed by atoms with Gasteiger partial charge in [0, 0.05) is 31.2 Å². The van der Waals surface area contributed by atoms with Crippen molar-refractivity contribution in [3.8, 4) is 0 Å². The monoisotopic (exact) mass is 192 g/mol. The van der Waals surface area contributed by atoms with Gasteiger partial charge in [0.05, 0.1) is 6.10 Å². The van der Waals surface area contributed by atoms with Crippen LogP contribution in [0.2, 0.25) is 0 Å². The summed E-state index contributed by atoms with van der Waals surface area (Å²) >= 11 is 0. The van der Waals surface area contributed by atoms with E-state index in [1.807, 2.05) is 18.5 Å². The van der Waals surface area contributed by atoms with E-state index >= 15 is 0 Å². The molecule has 76 valence electrons. The van der Waals surface area contributed by atoms with Crippen LogP contribution >= 0.6 is 0 Å². The topological polar surface area (TPSA) is 36.4 Å². The molecule has 1 aromatic heterocycles. The van der Waals surface area contributed by atoms with E-state index in [9.17, 15) is 5.11 Å². The summed E-state index contributed by atoms with van der Waals surface area (Å²) in [6.45, 7) is 3.86. The molecule has 1 N–H and O–H groups in total. The van der Waals surface area contributed by atoms with Crippen molar-refractivity contribution >= 4 is 5.69 Å². The quantitative estimate of drug-likeness (QED) is 0.729. The van der Waals surface area contributed by atoms with Gasteiger partial charge in [-0.1, -0.05) is 0 Å². The molecule has 1 aliphatic rings. The molecule has 0 saturated carbocycles. The number of piperidine rings is 1. The third-order valence-corrected chi connectivity index (χ3v) is 2.73. The van der Waals surface area contributed by atoms with E-state index in [1.54, 1.807) is 0 Å². The SMILES string of the molecule is Cc1cnccc1N1CCCC(O)C1. The molecule has 1 fully saturated rings. The van der Waals surface area contributed by atoms with E-state index in [0.29, 0.717) is 0 Å². The maximum absolute atomic E-state index is 9.57. The van der Waals surface area contributed by atoms with Crippen LogP contribution in [-0.4, -0.2) is 29.3 Å². The van der Waals surface area contributed by atoms with Crippen LogP contribution < -0.4 is 4.90 Å². The van der Waals surface area contributed by atoms with Gasteiger partial charge in [-0.15, -0.1) is 0 Å². The smallest absolute Gasteiger partial charge is 0.0715 e. The molecule has 0 bridgehead atoms. The average Bonchev–Trinajstić information content (AvgIpc) is 2.18. The van der Waals surface area contributed by atoms with Crippen LogP contribution in [0.25, 0.3) is 0 Å². The third kappa shape index (κ3) is 1.87. The number of pyridine rings is 1. The number of rotatable bonds is 1. The second kappa shape index (κ2) is 3.96. The second-order valence-electron chi connectivity index (χ2n) is 3.90. The predicted molar refractivity (Wildman–Crippen MR) is 56.4 cm³/mol. The molecule has 1 unspecified atom stereocenters. The van der Waals surface area contributed by atoms with Crippen LogP contribution in [0.15, 0.2) is 18.5 Å². The van der Waals surface area contributed by atoms with Gasteiger partial charge in [0.1, 0.15) is 0 Å². The van der Waals surface area contributed by atoms with Crippen molar-refractivity contribution in [1.82, 2.24) is 4.98 Å². The summed E-state index contributed by atoms with van der Waals surface area (Å²) in [6, 6.07) is 2.02. The molecule has 2 heterocycles. The fourth-order valence-electron chi connectivity index (χ4n) is 1.99. The van der Waals surface area contributed by atoms with Crippen molar-refractivity contribution in [1.29, 1.82) is 0 Å². The zero-order valence-corrected chi connectivity index (χ0v) is 8.48. The first-order chi connectivity index (χ1) is 6.77. The Balaban J connectivity index is 2.18. The Kier molecular flexibility index (Phi) is 2.68. The summed E-state index contributed by atoms with van der Waals surface area (Å²) < 4.78 is 0. The first-order valence-corrected chi connectivity index (χ1v) is 5.11. The number of aryl methyl sites for hydroxylation is 1. The van der Waals surface area contributed by atoms with Gasteiger partial charge in [0.15, 0.2) is 0 Å². The lowest BCUT2D eigenvalue weighted by Gasteiger charge is -2.32. The summed E-state index contributed by atoms with van der Waals surface area (Å²) in [6.07, 6.45) is 5.51. The van der Waals surface area contributed by atoms with Gasteiger partial charge in [0.25, 0.3) is 0 Å². The third-order valence-electron chi connectivity index (χ3n) is 2.73. The van der Waals surface area contributed by atoms with E-state index in [4.69, 9.17) is 0 Å². The Hall–Kier alpha value is -1.09. The van der Waals surface area contributed by atoms with Crippen LogP contribution in [0.3, 0.4) is 0 Å². The minimum Gasteiger partial charge on any atom is -0.391 e. The molecule has 2 rings (SSSR count). The van der Waals surface area contributed by atoms with Crippen molar-refractivity contribution < 1.29 is 5.11 Å². The lowest BCUT2D eigenvalue weighted by molar-refractivity contribution is 0.154. The molecule has 0 spiro atoms. The van der Waals surface area contributed by atoms with Gasteiger partial charge in [0.2, 0.25) is 0 Å². The van der Waals surface area contributed by atoms with E-state index in [-0.39, 0.29) is 6.10 Å². The minimum atomic E-state index is -0.170. The van der Waals surface area contributed by atoms with E-state index in [2.05, 4.69) is 16.8 Å². The molecule has 1 atom stereocenters. The Morgan fingerprint density at radius 2 is 2.43 bits per heavy atom. The molecule has 1 saturated heterocycles. The van der Waals surface area contributed by atoms with Crippen LogP contribution in [0.5, 0.6) is 0 Å². The molecule has 3 nitrogen and oxygen atoms in total. The Bertz CT molecular complexity index is 314. The van der Waals surface area contributed by atoms with Gasteiger partial charge in [-0.25, -0.2) is 0 Å². The highest BCUT2D eigenvalue weighted by atomic mass is 16.3. The van der Waals surface area contributed by atoms with Crippen LogP contribution in [0.4, 0.5) is 5.69 Å². The van der Waals surface area contributed by atoms with Gasteiger partial charge < -0.3 is 10.0 Å². The zero-order chi connectivity index (χ0) is 9.97. The molecule has 1 aliphatic heterocycles. The van der Waals surface area contributed by atoms with Crippen LogP contribution in [0, 0.1) is 6.92 Å². The fraction of sp³-hybridized carbons (Fsp3) is 0.545. The fourth-order valence-corrected chi connectivity index (χ4v) is 1.99. The lowest BCUT2D eigenvalue weighted by atomic mass is 10.1. The number of aliphatic hydroxyl groups is 1. The first-order valence-electron chi connectivity index (χ1n) is 5.11. The Labute approximate surface area is 84.4 Å². The number of β-amino-alcohol motifs (C(OH)–C–C–N with tert-alkyl or cyclic N) is 1. The molecule has 0 aromatic carbocycles. The van der Waals surface area contributed by atoms with Crippen molar-refractivity contribution in [3.05, 3.63) is 24.0 Å². The summed E-state index contributed by atoms with van der Waals surface area (Å²) in [4.78, 5) is 6.31. The molecule has 0 radical (unpaired) electrons. The van der Waals surface area contributed by atoms with Crippen molar-refractivity contribution in [2.45, 2.75) is 25.9 Å². The first kappa shape index (κ1) is 9.46. The Morgan fingerprint density at radius 3 is 3.14 bits per heavy atom. The van der Waals surface area contributed by atoms with Gasteiger partial charge in [-0.3, -0.25) is 4.98 Å². The number of hydrogen-bond acceptors (Lipinski definition) is 3. The molecule has 1 aromatic rings. The highest BCUT2D eigenvalue weighted by molar-refractivity contribution is 5.51. The maximum atomic E-state index is 9.57. The van der Waals surface area contributed by atoms with Gasteiger partial charge in [-0.2, -0.15) is 0 Å². The summed E-state index contributed by atoms with van der Waals surface area (Å²) in [5, 5.41) is 9.57. The largest absolute Gasteiger partial charge is 0.391 e. The summed E-state index contributed by atoms with van der Waals surface area (Å²) in [5.41, 5.74) is 2.39. The molecular weight excluding hydrogens is 176 g/mol. The van der Waals surface area contributed by atoms with Crippen molar-refractivity contribution in [2.24, 2.45) is 0 Å². The highest BCUT2D eigenvalue weighted by Crippen LogP contribution is 2.22. The number of aromatic nitrogens is 1. The van der Waals surface area contributed by atoms with E-state index in [1.165, 1.54) is 11.3 Å². The molecule has 0 amide bonds. The summed E-state index contributed by atoms with van der Waals surface area (Å²) in [7, 11) is 0. The van der Waals surface area contributed by atoms with Crippen LogP contribution in [-0.2, 0) is 0 Å². The predicted octanol–water partition coefficient (Wildman–Crippen LogP) is 1.35. The highest BCUT2D eigenvalue weighted by Gasteiger charge is 2.18. The molecule has 14 heavy (non-hydrogen) atoms. The number of aliphatic hydroxyl groups excluding tert-OH is 1. The summed E-state index contributed by atoms with van der Waals surface area (Å²) in [5.74, 6) is 0. The normalized spacial score (nSPS) is 22.4. The van der Waals surface area contributed by atoms with Crippen LogP contribution in [0.1, 0.15) is 18.4 Å². The molecule has 0 aliphatic carbocycles. The van der Waals surface area contributed by atoms with Gasteiger partial charge >= 0.3 is 0 Å². The maximum Gasteiger partial charge on any atom is 0.0715 e. The zero-order valence-electron chi connectivity index (χ0n) is 8.48. The Morgan fingerprint density at radius 1 is 1.57 bits per heavy atom. The standard InChI is InChI=1S/C11H16N2O/c1-9-7-12-5-4-11(9)13-6-2-3-10(14)8-13/h4-5,7,10,14H,2-3,6,8H2,1H3. The lowest BCUT2D eigenvalue weighted by Crippen LogP contribution is -2.38. The number of anilines is 1. The average molecular weight is 192 g/mol. The van der Waals surface area contributed by atoms with E-state index in [0.717, 1.165) is 25.9 Å². The van der Waals surface area contributed by atoms with E-state index < -0.39 is 0 Å². The second-order valence-corrected chi connectivity index (χ2v) is 3.90. The molecular formula is C11H16N2O. The van der Waals surface area contributed by atoms with Gasteiger partial charge in [-0.05, 0) is 31.4 Å². The minimum absolute atomic E-state index is 0.170. The number of nitrogens with zero attached hydrogens (tertiary/aromatic N) is 2. The molecule has 3 heteroatoms.